The highest BCUT2D eigenvalue weighted by atomic mass is 16.5. The lowest BCUT2D eigenvalue weighted by atomic mass is 9.95. The average molecular weight is 465 g/mol. The lowest BCUT2D eigenvalue weighted by molar-refractivity contribution is -0.140. The summed E-state index contributed by atoms with van der Waals surface area (Å²) in [6.07, 6.45) is 1.65. The van der Waals surface area contributed by atoms with E-state index in [-0.39, 0.29) is 11.3 Å². The van der Waals surface area contributed by atoms with Gasteiger partial charge < -0.3 is 24.4 Å². The number of ether oxygens (including phenoxy) is 2. The molecule has 1 aliphatic heterocycles. The summed E-state index contributed by atoms with van der Waals surface area (Å²) in [6.45, 7) is 10.8. The summed E-state index contributed by atoms with van der Waals surface area (Å²) in [4.78, 5) is 30.0. The fraction of sp³-hybridized carbons (Fsp3) is 0.333. The number of amides is 1. The second-order valence-corrected chi connectivity index (χ2v) is 7.92. The van der Waals surface area contributed by atoms with E-state index in [0.717, 1.165) is 13.1 Å². The van der Waals surface area contributed by atoms with Crippen LogP contribution in [0.2, 0.25) is 0 Å². The summed E-state index contributed by atoms with van der Waals surface area (Å²) in [6, 6.07) is 13.2. The van der Waals surface area contributed by atoms with Crippen molar-refractivity contribution in [3.05, 3.63) is 77.9 Å². The molecule has 0 aromatic heterocycles. The molecular formula is C27H32N2O5. The van der Waals surface area contributed by atoms with E-state index in [1.807, 2.05) is 12.1 Å². The van der Waals surface area contributed by atoms with E-state index in [9.17, 15) is 14.7 Å². The van der Waals surface area contributed by atoms with E-state index in [1.54, 1.807) is 54.5 Å². The van der Waals surface area contributed by atoms with Gasteiger partial charge in [-0.05, 0) is 55.1 Å². The summed E-state index contributed by atoms with van der Waals surface area (Å²) in [5.41, 5.74) is 1.19. The van der Waals surface area contributed by atoms with Gasteiger partial charge in [-0.15, -0.1) is 0 Å². The molecule has 0 spiro atoms. The van der Waals surface area contributed by atoms with Crippen LogP contribution in [0.1, 0.15) is 31.0 Å². The van der Waals surface area contributed by atoms with Crippen LogP contribution in [0, 0.1) is 0 Å². The highest BCUT2D eigenvalue weighted by Gasteiger charge is 2.46. The normalized spacial score (nSPS) is 17.3. The molecule has 0 radical (unpaired) electrons. The van der Waals surface area contributed by atoms with Gasteiger partial charge in [0.15, 0.2) is 0 Å². The first kappa shape index (κ1) is 25.1. The Bertz CT molecular complexity index is 1060. The van der Waals surface area contributed by atoms with Crippen molar-refractivity contribution < 1.29 is 24.2 Å². The van der Waals surface area contributed by atoms with Gasteiger partial charge in [-0.25, -0.2) is 0 Å². The van der Waals surface area contributed by atoms with E-state index >= 15 is 0 Å². The largest absolute Gasteiger partial charge is 0.507 e. The van der Waals surface area contributed by atoms with Crippen molar-refractivity contribution in [3.8, 4) is 11.5 Å². The van der Waals surface area contributed by atoms with Crippen LogP contribution in [0.5, 0.6) is 11.5 Å². The fourth-order valence-electron chi connectivity index (χ4n) is 4.08. The Morgan fingerprint density at radius 1 is 1.12 bits per heavy atom. The summed E-state index contributed by atoms with van der Waals surface area (Å²) in [5.74, 6) is -0.315. The van der Waals surface area contributed by atoms with Gasteiger partial charge in [-0.1, -0.05) is 38.6 Å². The van der Waals surface area contributed by atoms with Crippen LogP contribution in [-0.4, -0.2) is 66.5 Å². The van der Waals surface area contributed by atoms with Crippen molar-refractivity contribution in [1.82, 2.24) is 9.80 Å². The second-order valence-electron chi connectivity index (χ2n) is 7.92. The molecule has 1 saturated heterocycles. The fourth-order valence-corrected chi connectivity index (χ4v) is 4.08. The van der Waals surface area contributed by atoms with Crippen LogP contribution >= 0.6 is 0 Å². The van der Waals surface area contributed by atoms with Gasteiger partial charge in [0.2, 0.25) is 0 Å². The SMILES string of the molecule is C=CCOc1cccc(C2/C(=C(\O)c3ccc(OC)cc3)C(=O)C(=O)N2CCN(CC)CC)c1. The predicted octanol–water partition coefficient (Wildman–Crippen LogP) is 4.02. The third kappa shape index (κ3) is 5.31. The van der Waals surface area contributed by atoms with Crippen molar-refractivity contribution in [2.75, 3.05) is 39.9 Å². The van der Waals surface area contributed by atoms with Crippen molar-refractivity contribution in [3.63, 3.8) is 0 Å². The highest BCUT2D eigenvalue weighted by Crippen LogP contribution is 2.40. The molecule has 1 heterocycles. The maximum atomic E-state index is 13.2. The Labute approximate surface area is 200 Å². The molecule has 34 heavy (non-hydrogen) atoms. The maximum absolute atomic E-state index is 13.2. The number of aliphatic hydroxyl groups excluding tert-OH is 1. The van der Waals surface area contributed by atoms with Gasteiger partial charge in [0.25, 0.3) is 11.7 Å². The smallest absolute Gasteiger partial charge is 0.295 e. The Kier molecular flexibility index (Phi) is 8.49. The highest BCUT2D eigenvalue weighted by molar-refractivity contribution is 6.46. The monoisotopic (exact) mass is 464 g/mol. The summed E-state index contributed by atoms with van der Waals surface area (Å²) in [7, 11) is 1.55. The number of likely N-dealkylation sites (N-methyl/N-ethyl adjacent to an activating group) is 1. The van der Waals surface area contributed by atoms with E-state index in [0.29, 0.717) is 42.3 Å². The average Bonchev–Trinajstić information content (AvgIpc) is 3.13. The third-order valence-corrected chi connectivity index (χ3v) is 6.00. The predicted molar refractivity (Wildman–Crippen MR) is 132 cm³/mol. The van der Waals surface area contributed by atoms with Crippen molar-refractivity contribution in [1.29, 1.82) is 0 Å². The zero-order chi connectivity index (χ0) is 24.7. The second kappa shape index (κ2) is 11.5. The molecule has 3 rings (SSSR count). The number of methoxy groups -OCH3 is 1. The number of ketones is 1. The Hall–Kier alpha value is -3.58. The molecule has 7 heteroatoms. The molecule has 0 saturated carbocycles. The number of hydrogen-bond acceptors (Lipinski definition) is 6. The number of carbonyl (C=O) groups excluding carboxylic acids is 2. The van der Waals surface area contributed by atoms with E-state index in [2.05, 4.69) is 25.3 Å². The topological polar surface area (TPSA) is 79.3 Å². The molecule has 7 nitrogen and oxygen atoms in total. The molecular weight excluding hydrogens is 432 g/mol. The van der Waals surface area contributed by atoms with Crippen LogP contribution in [0.25, 0.3) is 5.76 Å². The number of benzene rings is 2. The molecule has 0 aliphatic carbocycles. The number of nitrogens with zero attached hydrogens (tertiary/aromatic N) is 2. The summed E-state index contributed by atoms with van der Waals surface area (Å²) < 4.78 is 10.9. The molecule has 1 fully saturated rings. The molecule has 1 unspecified atom stereocenters. The Morgan fingerprint density at radius 3 is 2.44 bits per heavy atom. The summed E-state index contributed by atoms with van der Waals surface area (Å²) in [5, 5.41) is 11.2. The minimum atomic E-state index is -0.732. The molecule has 1 N–H and O–H groups in total. The van der Waals surface area contributed by atoms with Gasteiger partial charge in [-0.2, -0.15) is 0 Å². The molecule has 1 amide bonds. The van der Waals surface area contributed by atoms with Gasteiger partial charge in [0.1, 0.15) is 23.9 Å². The minimum absolute atomic E-state index is 0.0654. The number of aliphatic hydroxyl groups is 1. The van der Waals surface area contributed by atoms with Crippen LogP contribution < -0.4 is 9.47 Å². The van der Waals surface area contributed by atoms with Crippen molar-refractivity contribution in [2.45, 2.75) is 19.9 Å². The van der Waals surface area contributed by atoms with Gasteiger partial charge in [0.05, 0.1) is 18.7 Å². The molecule has 180 valence electrons. The van der Waals surface area contributed by atoms with Crippen LogP contribution in [0.3, 0.4) is 0 Å². The first-order valence-electron chi connectivity index (χ1n) is 11.4. The molecule has 1 aliphatic rings. The zero-order valence-electron chi connectivity index (χ0n) is 20.0. The number of rotatable bonds is 11. The molecule has 0 bridgehead atoms. The zero-order valence-corrected chi connectivity index (χ0v) is 20.0. The van der Waals surface area contributed by atoms with Gasteiger partial charge >= 0.3 is 0 Å². The summed E-state index contributed by atoms with van der Waals surface area (Å²) >= 11 is 0. The van der Waals surface area contributed by atoms with E-state index < -0.39 is 17.7 Å². The van der Waals surface area contributed by atoms with Crippen molar-refractivity contribution in [2.24, 2.45) is 0 Å². The van der Waals surface area contributed by atoms with E-state index in [4.69, 9.17) is 9.47 Å². The van der Waals surface area contributed by atoms with Crippen LogP contribution in [0.4, 0.5) is 0 Å². The quantitative estimate of drug-likeness (QED) is 0.234. The number of carbonyl (C=O) groups is 2. The first-order chi connectivity index (χ1) is 16.4. The first-order valence-corrected chi connectivity index (χ1v) is 11.4. The standard InChI is InChI=1S/C27H32N2O5/c1-5-17-34-22-10-8-9-20(18-22)24-23(25(30)19-11-13-21(33-4)14-12-19)26(31)27(32)29(24)16-15-28(6-2)7-3/h5,8-14,18,24,30H,1,6-7,15-17H2,2-4H3/b25-23+. The minimum Gasteiger partial charge on any atom is -0.507 e. The van der Waals surface area contributed by atoms with Gasteiger partial charge in [-0.3, -0.25) is 9.59 Å². The van der Waals surface area contributed by atoms with Crippen LogP contribution in [-0.2, 0) is 9.59 Å². The molecule has 1 atom stereocenters. The number of likely N-dealkylation sites (tertiary alicyclic amines) is 1. The Morgan fingerprint density at radius 2 is 1.82 bits per heavy atom. The van der Waals surface area contributed by atoms with E-state index in [1.165, 1.54) is 0 Å². The Balaban J connectivity index is 2.09. The molecule has 2 aromatic rings. The van der Waals surface area contributed by atoms with Crippen LogP contribution in [0.15, 0.2) is 66.8 Å². The third-order valence-electron chi connectivity index (χ3n) is 6.00. The molecule has 2 aromatic carbocycles. The lowest BCUT2D eigenvalue weighted by Crippen LogP contribution is -2.38. The van der Waals surface area contributed by atoms with Gasteiger partial charge in [0, 0.05) is 18.7 Å². The number of Topliss-reactive ketones (excluding diaryl/α,β-unsaturated/α-hetero) is 1. The van der Waals surface area contributed by atoms with Crippen molar-refractivity contribution >= 4 is 17.4 Å². The maximum Gasteiger partial charge on any atom is 0.295 e. The lowest BCUT2D eigenvalue weighted by Gasteiger charge is -2.28. The number of hydrogen-bond donors (Lipinski definition) is 1.